The molecule has 0 saturated carbocycles. The number of thiophene rings is 1. The van der Waals surface area contributed by atoms with Crippen molar-refractivity contribution in [1.29, 1.82) is 0 Å². The molecule has 1 aliphatic rings. The highest BCUT2D eigenvalue weighted by Crippen LogP contribution is 2.17. The van der Waals surface area contributed by atoms with Crippen molar-refractivity contribution in [2.75, 3.05) is 13.2 Å². The van der Waals surface area contributed by atoms with Gasteiger partial charge in [-0.1, -0.05) is 0 Å². The first-order valence-corrected chi connectivity index (χ1v) is 6.27. The molecule has 3 nitrogen and oxygen atoms in total. The smallest absolute Gasteiger partial charge is 0.0922 e. The monoisotopic (exact) mass is 227 g/mol. The highest BCUT2D eigenvalue weighted by atomic mass is 32.1. The van der Waals surface area contributed by atoms with Crippen LogP contribution in [0.4, 0.5) is 0 Å². The summed E-state index contributed by atoms with van der Waals surface area (Å²) in [6.45, 7) is 3.50. The lowest BCUT2D eigenvalue weighted by molar-refractivity contribution is 0.107. The molecular formula is C11H17NO2S. The highest BCUT2D eigenvalue weighted by Gasteiger charge is 2.24. The fourth-order valence-electron chi connectivity index (χ4n) is 1.85. The summed E-state index contributed by atoms with van der Waals surface area (Å²) in [5, 5.41) is 17.2. The van der Waals surface area contributed by atoms with Crippen molar-refractivity contribution in [1.82, 2.24) is 5.32 Å². The zero-order chi connectivity index (χ0) is 10.7. The fraction of sp³-hybridized carbons (Fsp3) is 0.636. The molecule has 15 heavy (non-hydrogen) atoms. The largest absolute Gasteiger partial charge is 0.387 e. The van der Waals surface area contributed by atoms with Gasteiger partial charge < -0.3 is 15.2 Å². The first-order chi connectivity index (χ1) is 7.27. The Hall–Kier alpha value is -0.420. The third kappa shape index (κ3) is 2.78. The number of rotatable bonds is 4. The average molecular weight is 227 g/mol. The molecule has 3 unspecified atom stereocenters. The van der Waals surface area contributed by atoms with Crippen LogP contribution in [0.5, 0.6) is 0 Å². The molecule has 1 aromatic rings. The lowest BCUT2D eigenvalue weighted by atomic mass is 10.1. The van der Waals surface area contributed by atoms with E-state index in [1.54, 1.807) is 11.3 Å². The standard InChI is InChI=1S/C11H17NO2S/c1-8-10(2-4-14-8)12-6-11(13)9-3-5-15-7-9/h3,5,7-8,10-13H,2,4,6H2,1H3. The van der Waals surface area contributed by atoms with Crippen LogP contribution in [0, 0.1) is 0 Å². The van der Waals surface area contributed by atoms with Crippen LogP contribution >= 0.6 is 11.3 Å². The van der Waals surface area contributed by atoms with Crippen molar-refractivity contribution in [2.45, 2.75) is 31.6 Å². The van der Waals surface area contributed by atoms with Gasteiger partial charge in [-0.3, -0.25) is 0 Å². The SMILES string of the molecule is CC1OCCC1NCC(O)c1ccsc1. The van der Waals surface area contributed by atoms with Crippen LogP contribution in [0.3, 0.4) is 0 Å². The number of ether oxygens (including phenoxy) is 1. The summed E-state index contributed by atoms with van der Waals surface area (Å²) in [5.74, 6) is 0. The summed E-state index contributed by atoms with van der Waals surface area (Å²) in [7, 11) is 0. The molecular weight excluding hydrogens is 210 g/mol. The number of aliphatic hydroxyl groups is 1. The van der Waals surface area contributed by atoms with Crippen molar-refractivity contribution >= 4 is 11.3 Å². The number of aliphatic hydroxyl groups excluding tert-OH is 1. The second kappa shape index (κ2) is 5.07. The summed E-state index contributed by atoms with van der Waals surface area (Å²) in [5.41, 5.74) is 0.999. The normalized spacial score (nSPS) is 28.1. The summed E-state index contributed by atoms with van der Waals surface area (Å²) < 4.78 is 5.45. The van der Waals surface area contributed by atoms with Gasteiger partial charge in [-0.25, -0.2) is 0 Å². The Labute approximate surface area is 94.1 Å². The quantitative estimate of drug-likeness (QED) is 0.820. The Morgan fingerprint density at radius 1 is 1.73 bits per heavy atom. The molecule has 1 aliphatic heterocycles. The Morgan fingerprint density at radius 2 is 2.60 bits per heavy atom. The third-order valence-corrected chi connectivity index (χ3v) is 3.58. The Morgan fingerprint density at radius 3 is 3.20 bits per heavy atom. The molecule has 0 aliphatic carbocycles. The molecule has 2 heterocycles. The van der Waals surface area contributed by atoms with Gasteiger partial charge in [0.15, 0.2) is 0 Å². The predicted molar refractivity (Wildman–Crippen MR) is 61.1 cm³/mol. The van der Waals surface area contributed by atoms with Crippen LogP contribution in [-0.4, -0.2) is 30.4 Å². The third-order valence-electron chi connectivity index (χ3n) is 2.88. The minimum atomic E-state index is -0.399. The van der Waals surface area contributed by atoms with Crippen molar-refractivity contribution in [3.05, 3.63) is 22.4 Å². The molecule has 1 saturated heterocycles. The Balaban J connectivity index is 1.78. The van der Waals surface area contributed by atoms with E-state index in [2.05, 4.69) is 12.2 Å². The highest BCUT2D eigenvalue weighted by molar-refractivity contribution is 7.07. The van der Waals surface area contributed by atoms with Crippen LogP contribution in [0.25, 0.3) is 0 Å². The molecule has 0 bridgehead atoms. The summed E-state index contributed by atoms with van der Waals surface area (Å²) in [6, 6.07) is 2.35. The topological polar surface area (TPSA) is 41.5 Å². The van der Waals surface area contributed by atoms with Gasteiger partial charge in [-0.15, -0.1) is 0 Å². The first kappa shape index (κ1) is 11.1. The maximum Gasteiger partial charge on any atom is 0.0922 e. The molecule has 0 spiro atoms. The average Bonchev–Trinajstić information content (AvgIpc) is 2.85. The van der Waals surface area contributed by atoms with Crippen LogP contribution in [0.1, 0.15) is 25.0 Å². The molecule has 1 aromatic heterocycles. The minimum Gasteiger partial charge on any atom is -0.387 e. The van der Waals surface area contributed by atoms with Gasteiger partial charge in [0, 0.05) is 19.2 Å². The van der Waals surface area contributed by atoms with Crippen LogP contribution < -0.4 is 5.32 Å². The van der Waals surface area contributed by atoms with Gasteiger partial charge in [0.2, 0.25) is 0 Å². The van der Waals surface area contributed by atoms with E-state index >= 15 is 0 Å². The van der Waals surface area contributed by atoms with Gasteiger partial charge in [-0.2, -0.15) is 11.3 Å². The Bertz CT molecular complexity index is 289. The van der Waals surface area contributed by atoms with E-state index in [4.69, 9.17) is 4.74 Å². The van der Waals surface area contributed by atoms with Crippen molar-refractivity contribution in [3.63, 3.8) is 0 Å². The molecule has 0 amide bonds. The number of hydrogen-bond acceptors (Lipinski definition) is 4. The predicted octanol–water partition coefficient (Wildman–Crippen LogP) is 1.55. The van der Waals surface area contributed by atoms with Crippen LogP contribution in [0.15, 0.2) is 16.8 Å². The van der Waals surface area contributed by atoms with Crippen LogP contribution in [0.2, 0.25) is 0 Å². The minimum absolute atomic E-state index is 0.264. The molecule has 0 radical (unpaired) electrons. The Kier molecular flexibility index (Phi) is 3.75. The van der Waals surface area contributed by atoms with Gasteiger partial charge in [0.1, 0.15) is 0 Å². The van der Waals surface area contributed by atoms with E-state index in [0.29, 0.717) is 12.6 Å². The summed E-state index contributed by atoms with van der Waals surface area (Å²) in [4.78, 5) is 0. The molecule has 0 aromatic carbocycles. The van der Waals surface area contributed by atoms with Crippen molar-refractivity contribution in [3.8, 4) is 0 Å². The maximum atomic E-state index is 9.86. The maximum absolute atomic E-state index is 9.86. The van der Waals surface area contributed by atoms with Gasteiger partial charge in [0.25, 0.3) is 0 Å². The van der Waals surface area contributed by atoms with Gasteiger partial charge >= 0.3 is 0 Å². The lowest BCUT2D eigenvalue weighted by Gasteiger charge is -2.18. The molecule has 1 fully saturated rings. The van der Waals surface area contributed by atoms with E-state index < -0.39 is 6.10 Å². The molecule has 3 atom stereocenters. The fourth-order valence-corrected chi connectivity index (χ4v) is 2.55. The summed E-state index contributed by atoms with van der Waals surface area (Å²) in [6.07, 6.45) is 0.904. The van der Waals surface area contributed by atoms with E-state index in [1.165, 1.54) is 0 Å². The van der Waals surface area contributed by atoms with E-state index in [9.17, 15) is 5.11 Å². The molecule has 4 heteroatoms. The van der Waals surface area contributed by atoms with Crippen LogP contribution in [-0.2, 0) is 4.74 Å². The van der Waals surface area contributed by atoms with Gasteiger partial charge in [0.05, 0.1) is 12.2 Å². The number of hydrogen-bond donors (Lipinski definition) is 2. The lowest BCUT2D eigenvalue weighted by Crippen LogP contribution is -2.37. The zero-order valence-corrected chi connectivity index (χ0v) is 9.67. The van der Waals surface area contributed by atoms with E-state index in [-0.39, 0.29) is 6.10 Å². The molecule has 2 N–H and O–H groups in total. The molecule has 2 rings (SSSR count). The van der Waals surface area contributed by atoms with Gasteiger partial charge in [-0.05, 0) is 35.7 Å². The second-order valence-corrected chi connectivity index (χ2v) is 4.73. The molecule has 84 valence electrons. The zero-order valence-electron chi connectivity index (χ0n) is 8.85. The number of nitrogens with one attached hydrogen (secondary N) is 1. The van der Waals surface area contributed by atoms with E-state index in [0.717, 1.165) is 18.6 Å². The van der Waals surface area contributed by atoms with E-state index in [1.807, 2.05) is 16.8 Å². The van der Waals surface area contributed by atoms with Crippen molar-refractivity contribution in [2.24, 2.45) is 0 Å². The summed E-state index contributed by atoms with van der Waals surface area (Å²) >= 11 is 1.61. The first-order valence-electron chi connectivity index (χ1n) is 5.32. The van der Waals surface area contributed by atoms with Crippen molar-refractivity contribution < 1.29 is 9.84 Å². The second-order valence-electron chi connectivity index (χ2n) is 3.95.